The Balaban J connectivity index is 1.71. The van der Waals surface area contributed by atoms with E-state index in [2.05, 4.69) is 31.0 Å². The van der Waals surface area contributed by atoms with Crippen molar-refractivity contribution in [2.24, 2.45) is 0 Å². The highest BCUT2D eigenvalue weighted by molar-refractivity contribution is 5.80. The van der Waals surface area contributed by atoms with E-state index in [9.17, 15) is 4.79 Å². The molecule has 24 heavy (non-hydrogen) atoms. The molecule has 5 nitrogen and oxygen atoms in total. The Hall–Kier alpha value is -1.43. The first-order chi connectivity index (χ1) is 11.5. The molecule has 0 aliphatic carbocycles. The van der Waals surface area contributed by atoms with Gasteiger partial charge in [0.15, 0.2) is 0 Å². The number of hydrogen-bond acceptors (Lipinski definition) is 4. The van der Waals surface area contributed by atoms with Crippen LogP contribution < -0.4 is 5.32 Å². The van der Waals surface area contributed by atoms with Crippen molar-refractivity contribution in [1.82, 2.24) is 10.2 Å². The first-order valence-corrected chi connectivity index (χ1v) is 8.78. The number of benzene rings is 1. The topological polar surface area (TPSA) is 50.8 Å². The zero-order valence-corrected chi connectivity index (χ0v) is 15.2. The molecule has 1 aromatic rings. The molecule has 0 spiro atoms. The minimum absolute atomic E-state index is 0.0628. The minimum Gasteiger partial charge on any atom is -0.373 e. The maximum Gasteiger partial charge on any atom is 0.248 e. The molecule has 1 aromatic carbocycles. The van der Waals surface area contributed by atoms with Crippen LogP contribution in [0.1, 0.15) is 33.3 Å². The predicted molar refractivity (Wildman–Crippen MR) is 94.7 cm³/mol. The Morgan fingerprint density at radius 3 is 2.50 bits per heavy atom. The summed E-state index contributed by atoms with van der Waals surface area (Å²) in [5, 5.41) is 3.00. The van der Waals surface area contributed by atoms with Gasteiger partial charge in [0.05, 0.1) is 18.8 Å². The minimum atomic E-state index is -0.458. The molecule has 5 heteroatoms. The van der Waals surface area contributed by atoms with Crippen LogP contribution in [0.3, 0.4) is 0 Å². The number of amides is 1. The fourth-order valence-corrected chi connectivity index (χ4v) is 2.97. The average molecular weight is 334 g/mol. The molecule has 0 saturated carbocycles. The van der Waals surface area contributed by atoms with Crippen molar-refractivity contribution in [2.75, 3.05) is 19.6 Å². The summed E-state index contributed by atoms with van der Waals surface area (Å²) in [6.45, 7) is 11.0. The monoisotopic (exact) mass is 334 g/mol. The van der Waals surface area contributed by atoms with E-state index < -0.39 is 6.10 Å². The summed E-state index contributed by atoms with van der Waals surface area (Å²) in [5.74, 6) is -0.0628. The predicted octanol–water partition coefficient (Wildman–Crippen LogP) is 2.21. The second kappa shape index (κ2) is 9.16. The van der Waals surface area contributed by atoms with Crippen LogP contribution in [0.2, 0.25) is 0 Å². The first kappa shape index (κ1) is 18.9. The molecular weight excluding hydrogens is 304 g/mol. The second-order valence-corrected chi connectivity index (χ2v) is 6.74. The molecule has 0 aromatic heterocycles. The Labute approximate surface area is 145 Å². The van der Waals surface area contributed by atoms with E-state index in [0.29, 0.717) is 13.2 Å². The lowest BCUT2D eigenvalue weighted by Gasteiger charge is -2.39. The summed E-state index contributed by atoms with van der Waals surface area (Å²) in [5.41, 5.74) is 1.07. The van der Waals surface area contributed by atoms with E-state index >= 15 is 0 Å². The lowest BCUT2D eigenvalue weighted by Crippen LogP contribution is -2.52. The number of nitrogens with one attached hydrogen (secondary N) is 1. The van der Waals surface area contributed by atoms with Crippen LogP contribution in [0.5, 0.6) is 0 Å². The third-order valence-electron chi connectivity index (χ3n) is 4.35. The molecule has 1 aliphatic rings. The zero-order chi connectivity index (χ0) is 17.5. The number of hydrogen-bond donors (Lipinski definition) is 1. The summed E-state index contributed by atoms with van der Waals surface area (Å²) < 4.78 is 11.4. The average Bonchev–Trinajstić information content (AvgIpc) is 2.57. The third kappa shape index (κ3) is 5.89. The summed E-state index contributed by atoms with van der Waals surface area (Å²) in [7, 11) is 0. The van der Waals surface area contributed by atoms with Gasteiger partial charge >= 0.3 is 0 Å². The molecule has 1 aliphatic heterocycles. The normalized spacial score (nSPS) is 24.3. The van der Waals surface area contributed by atoms with Gasteiger partial charge < -0.3 is 14.8 Å². The highest BCUT2D eigenvalue weighted by Gasteiger charge is 2.26. The largest absolute Gasteiger partial charge is 0.373 e. The molecule has 134 valence electrons. The number of morpholine rings is 1. The van der Waals surface area contributed by atoms with Gasteiger partial charge in [-0.3, -0.25) is 9.69 Å². The van der Waals surface area contributed by atoms with Crippen LogP contribution in [-0.2, 0) is 20.9 Å². The van der Waals surface area contributed by atoms with Gasteiger partial charge in [0.2, 0.25) is 5.91 Å². The Morgan fingerprint density at radius 2 is 1.88 bits per heavy atom. The number of rotatable bonds is 7. The van der Waals surface area contributed by atoms with Crippen molar-refractivity contribution >= 4 is 5.91 Å². The fraction of sp³-hybridized carbons (Fsp3) is 0.632. The molecule has 1 fully saturated rings. The fourth-order valence-electron chi connectivity index (χ4n) is 2.97. The molecule has 2 rings (SSSR count). The van der Waals surface area contributed by atoms with E-state index in [1.807, 2.05) is 30.3 Å². The quantitative estimate of drug-likeness (QED) is 0.831. The molecule has 4 atom stereocenters. The smallest absolute Gasteiger partial charge is 0.248 e. The number of nitrogens with zero attached hydrogens (tertiary/aromatic N) is 1. The van der Waals surface area contributed by atoms with Gasteiger partial charge in [0, 0.05) is 25.7 Å². The molecule has 0 bridgehead atoms. The highest BCUT2D eigenvalue weighted by Crippen LogP contribution is 2.13. The van der Waals surface area contributed by atoms with Gasteiger partial charge in [-0.25, -0.2) is 0 Å². The molecule has 0 unspecified atom stereocenters. The number of carbonyl (C=O) groups is 1. The van der Waals surface area contributed by atoms with Crippen LogP contribution in [0, 0.1) is 0 Å². The zero-order valence-electron chi connectivity index (χ0n) is 15.2. The van der Waals surface area contributed by atoms with Gasteiger partial charge in [-0.15, -0.1) is 0 Å². The number of ether oxygens (including phenoxy) is 2. The summed E-state index contributed by atoms with van der Waals surface area (Å²) >= 11 is 0. The van der Waals surface area contributed by atoms with Crippen molar-refractivity contribution in [3.05, 3.63) is 35.9 Å². The Kier molecular flexibility index (Phi) is 7.21. The van der Waals surface area contributed by atoms with Crippen LogP contribution >= 0.6 is 0 Å². The molecule has 1 heterocycles. The second-order valence-electron chi connectivity index (χ2n) is 6.74. The van der Waals surface area contributed by atoms with E-state index in [4.69, 9.17) is 9.47 Å². The van der Waals surface area contributed by atoms with Gasteiger partial charge in [-0.05, 0) is 33.3 Å². The Bertz CT molecular complexity index is 499. The van der Waals surface area contributed by atoms with Crippen LogP contribution in [-0.4, -0.2) is 54.8 Å². The first-order valence-electron chi connectivity index (χ1n) is 8.78. The van der Waals surface area contributed by atoms with Gasteiger partial charge in [0.25, 0.3) is 0 Å². The third-order valence-corrected chi connectivity index (χ3v) is 4.35. The Morgan fingerprint density at radius 1 is 1.25 bits per heavy atom. The molecule has 1 saturated heterocycles. The van der Waals surface area contributed by atoms with Crippen LogP contribution in [0.4, 0.5) is 0 Å². The maximum absolute atomic E-state index is 12.2. The number of carbonyl (C=O) groups excluding carboxylic acids is 1. The maximum atomic E-state index is 12.2. The van der Waals surface area contributed by atoms with Gasteiger partial charge in [-0.1, -0.05) is 30.3 Å². The lowest BCUT2D eigenvalue weighted by atomic mass is 10.1. The molecule has 1 amide bonds. The molecular formula is C19H30N2O3. The molecule has 1 N–H and O–H groups in total. The van der Waals surface area contributed by atoms with Crippen molar-refractivity contribution in [1.29, 1.82) is 0 Å². The van der Waals surface area contributed by atoms with E-state index in [-0.39, 0.29) is 24.2 Å². The summed E-state index contributed by atoms with van der Waals surface area (Å²) in [6, 6.07) is 10.2. The summed E-state index contributed by atoms with van der Waals surface area (Å²) in [4.78, 5) is 14.6. The van der Waals surface area contributed by atoms with E-state index in [0.717, 1.165) is 18.7 Å². The van der Waals surface area contributed by atoms with Crippen molar-refractivity contribution in [2.45, 2.75) is 58.7 Å². The highest BCUT2D eigenvalue weighted by atomic mass is 16.5. The SMILES string of the molecule is C[C@@H]1CN([C@H](C)CNC(=O)[C@@H](C)OCc2ccccc2)C[C@H](C)O1. The van der Waals surface area contributed by atoms with Crippen LogP contribution in [0.15, 0.2) is 30.3 Å². The van der Waals surface area contributed by atoms with Gasteiger partial charge in [-0.2, -0.15) is 0 Å². The van der Waals surface area contributed by atoms with Crippen molar-refractivity contribution in [3.63, 3.8) is 0 Å². The van der Waals surface area contributed by atoms with E-state index in [1.54, 1.807) is 6.92 Å². The molecule has 0 radical (unpaired) electrons. The standard InChI is InChI=1S/C19H30N2O3/c1-14(21-11-15(2)24-16(3)12-21)10-20-19(22)17(4)23-13-18-8-6-5-7-9-18/h5-9,14-17H,10-13H2,1-4H3,(H,20,22)/t14-,15-,16+,17-/m1/s1. The van der Waals surface area contributed by atoms with Crippen molar-refractivity contribution in [3.8, 4) is 0 Å². The summed E-state index contributed by atoms with van der Waals surface area (Å²) in [6.07, 6.45) is 0.0139. The van der Waals surface area contributed by atoms with E-state index in [1.165, 1.54) is 0 Å². The van der Waals surface area contributed by atoms with Gasteiger partial charge in [0.1, 0.15) is 6.10 Å². The van der Waals surface area contributed by atoms with Crippen molar-refractivity contribution < 1.29 is 14.3 Å². The lowest BCUT2D eigenvalue weighted by molar-refractivity contribution is -0.133. The van der Waals surface area contributed by atoms with Crippen LogP contribution in [0.25, 0.3) is 0 Å².